The first-order chi connectivity index (χ1) is 8.05. The minimum atomic E-state index is -0.657. The molecule has 2 fully saturated rings. The quantitative estimate of drug-likeness (QED) is 0.743. The second-order valence-corrected chi connectivity index (χ2v) is 5.69. The summed E-state index contributed by atoms with van der Waals surface area (Å²) >= 11 is 0. The third-order valence-corrected chi connectivity index (χ3v) is 4.32. The summed E-state index contributed by atoms with van der Waals surface area (Å²) in [6.07, 6.45) is 4.64. The van der Waals surface area contributed by atoms with Crippen LogP contribution in [0.1, 0.15) is 39.5 Å². The molecule has 0 bridgehead atoms. The highest BCUT2D eigenvalue weighted by atomic mass is 16.2. The number of carbonyl (C=O) groups is 1. The zero-order valence-electron chi connectivity index (χ0n) is 11.0. The Hall–Kier alpha value is -0.610. The van der Waals surface area contributed by atoms with Crippen molar-refractivity contribution in [2.45, 2.75) is 51.1 Å². The molecule has 1 saturated carbocycles. The summed E-state index contributed by atoms with van der Waals surface area (Å²) in [7, 11) is 0. The molecule has 2 aliphatic rings. The fourth-order valence-electron chi connectivity index (χ4n) is 2.81. The van der Waals surface area contributed by atoms with Gasteiger partial charge in [0, 0.05) is 12.6 Å². The number of likely N-dealkylation sites (N-methyl/N-ethyl adjacent to an activating group) is 1. The minimum absolute atomic E-state index is 0.0305. The van der Waals surface area contributed by atoms with Crippen molar-refractivity contribution in [3.63, 3.8) is 0 Å². The lowest BCUT2D eigenvalue weighted by Gasteiger charge is -2.27. The molecule has 0 radical (unpaired) electrons. The van der Waals surface area contributed by atoms with Crippen molar-refractivity contribution in [2.75, 3.05) is 19.6 Å². The van der Waals surface area contributed by atoms with Gasteiger partial charge in [0.1, 0.15) is 0 Å². The first-order valence-corrected chi connectivity index (χ1v) is 6.87. The lowest BCUT2D eigenvalue weighted by Crippen LogP contribution is -2.55. The van der Waals surface area contributed by atoms with E-state index in [9.17, 15) is 4.79 Å². The molecule has 3 N–H and O–H groups in total. The van der Waals surface area contributed by atoms with Crippen LogP contribution in [0.15, 0.2) is 0 Å². The molecule has 1 aliphatic carbocycles. The SMILES string of the molecule is CCN1CCCC1CNC(=O)C(C)(N)C1CC1. The summed E-state index contributed by atoms with van der Waals surface area (Å²) in [4.78, 5) is 14.5. The van der Waals surface area contributed by atoms with E-state index < -0.39 is 5.54 Å². The smallest absolute Gasteiger partial charge is 0.240 e. The standard InChI is InChI=1S/C13H25N3O/c1-3-16-8-4-5-11(16)9-15-12(17)13(2,14)10-6-7-10/h10-11H,3-9,14H2,1-2H3,(H,15,17). The van der Waals surface area contributed by atoms with E-state index in [1.54, 1.807) is 0 Å². The molecule has 1 heterocycles. The van der Waals surface area contributed by atoms with Gasteiger partial charge in [0.05, 0.1) is 5.54 Å². The van der Waals surface area contributed by atoms with Gasteiger partial charge in [-0.25, -0.2) is 0 Å². The Morgan fingerprint density at radius 3 is 2.76 bits per heavy atom. The molecule has 0 aromatic rings. The molecule has 1 amide bonds. The number of nitrogens with zero attached hydrogens (tertiary/aromatic N) is 1. The highest BCUT2D eigenvalue weighted by Crippen LogP contribution is 2.38. The molecule has 2 unspecified atom stereocenters. The maximum Gasteiger partial charge on any atom is 0.240 e. The van der Waals surface area contributed by atoms with E-state index in [2.05, 4.69) is 17.1 Å². The number of nitrogens with one attached hydrogen (secondary N) is 1. The van der Waals surface area contributed by atoms with Gasteiger partial charge < -0.3 is 11.1 Å². The summed E-state index contributed by atoms with van der Waals surface area (Å²) in [5, 5.41) is 3.04. The largest absolute Gasteiger partial charge is 0.353 e. The third-order valence-electron chi connectivity index (χ3n) is 4.32. The lowest BCUT2D eigenvalue weighted by molar-refractivity contribution is -0.126. The second kappa shape index (κ2) is 4.94. The van der Waals surface area contributed by atoms with Gasteiger partial charge in [-0.1, -0.05) is 6.92 Å². The van der Waals surface area contributed by atoms with Crippen LogP contribution in [0.5, 0.6) is 0 Å². The Morgan fingerprint density at radius 2 is 2.18 bits per heavy atom. The Labute approximate surface area is 104 Å². The van der Waals surface area contributed by atoms with Gasteiger partial charge in [0.15, 0.2) is 0 Å². The molecule has 2 rings (SSSR count). The van der Waals surface area contributed by atoms with Gasteiger partial charge in [0.2, 0.25) is 5.91 Å². The van der Waals surface area contributed by atoms with Crippen LogP contribution in [0.3, 0.4) is 0 Å². The van der Waals surface area contributed by atoms with E-state index >= 15 is 0 Å². The van der Waals surface area contributed by atoms with Crippen molar-refractivity contribution in [1.29, 1.82) is 0 Å². The summed E-state index contributed by atoms with van der Waals surface area (Å²) in [5.74, 6) is 0.427. The zero-order valence-corrected chi connectivity index (χ0v) is 11.0. The van der Waals surface area contributed by atoms with Gasteiger partial charge >= 0.3 is 0 Å². The fraction of sp³-hybridized carbons (Fsp3) is 0.923. The van der Waals surface area contributed by atoms with Crippen LogP contribution in [-0.4, -0.2) is 42.0 Å². The molecule has 4 nitrogen and oxygen atoms in total. The Morgan fingerprint density at radius 1 is 1.47 bits per heavy atom. The van der Waals surface area contributed by atoms with Crippen LogP contribution in [0.25, 0.3) is 0 Å². The monoisotopic (exact) mass is 239 g/mol. The summed E-state index contributed by atoms with van der Waals surface area (Å²) < 4.78 is 0. The van der Waals surface area contributed by atoms with Gasteiger partial charge in [-0.2, -0.15) is 0 Å². The van der Waals surface area contributed by atoms with Crippen molar-refractivity contribution < 1.29 is 4.79 Å². The average Bonchev–Trinajstić information content (AvgIpc) is 3.06. The average molecular weight is 239 g/mol. The molecule has 17 heavy (non-hydrogen) atoms. The van der Waals surface area contributed by atoms with Crippen molar-refractivity contribution in [2.24, 2.45) is 11.7 Å². The normalized spacial score (nSPS) is 29.0. The molecule has 0 aromatic carbocycles. The van der Waals surface area contributed by atoms with E-state index in [1.807, 2.05) is 6.92 Å². The Balaban J connectivity index is 1.79. The Kier molecular flexibility index (Phi) is 3.73. The molecular weight excluding hydrogens is 214 g/mol. The molecule has 0 spiro atoms. The van der Waals surface area contributed by atoms with Gasteiger partial charge in [-0.05, 0) is 51.6 Å². The first-order valence-electron chi connectivity index (χ1n) is 6.87. The van der Waals surface area contributed by atoms with Crippen LogP contribution in [-0.2, 0) is 4.79 Å². The van der Waals surface area contributed by atoms with E-state index in [1.165, 1.54) is 19.4 Å². The van der Waals surface area contributed by atoms with Crippen molar-refractivity contribution in [1.82, 2.24) is 10.2 Å². The topological polar surface area (TPSA) is 58.4 Å². The fourth-order valence-corrected chi connectivity index (χ4v) is 2.81. The number of rotatable bonds is 5. The predicted molar refractivity (Wildman–Crippen MR) is 68.6 cm³/mol. The summed E-state index contributed by atoms with van der Waals surface area (Å²) in [5.41, 5.74) is 5.43. The number of nitrogens with two attached hydrogens (primary N) is 1. The first kappa shape index (κ1) is 12.8. The molecule has 98 valence electrons. The summed E-state index contributed by atoms with van der Waals surface area (Å²) in [6.45, 7) is 7.04. The van der Waals surface area contributed by atoms with E-state index in [4.69, 9.17) is 5.73 Å². The lowest BCUT2D eigenvalue weighted by atomic mass is 9.96. The molecule has 0 aromatic heterocycles. The van der Waals surface area contributed by atoms with E-state index in [0.717, 1.165) is 25.9 Å². The molecule has 1 aliphatic heterocycles. The number of hydrogen-bond acceptors (Lipinski definition) is 3. The van der Waals surface area contributed by atoms with Crippen molar-refractivity contribution in [3.05, 3.63) is 0 Å². The number of hydrogen-bond donors (Lipinski definition) is 2. The van der Waals surface area contributed by atoms with Crippen LogP contribution in [0.2, 0.25) is 0 Å². The van der Waals surface area contributed by atoms with E-state index in [0.29, 0.717) is 12.0 Å². The third kappa shape index (κ3) is 2.80. The molecular formula is C13H25N3O. The van der Waals surface area contributed by atoms with Gasteiger partial charge in [-0.3, -0.25) is 9.69 Å². The molecule has 1 saturated heterocycles. The number of amides is 1. The number of likely N-dealkylation sites (tertiary alicyclic amines) is 1. The summed E-state index contributed by atoms with van der Waals surface area (Å²) in [6, 6.07) is 0.513. The van der Waals surface area contributed by atoms with Crippen LogP contribution >= 0.6 is 0 Å². The molecule has 4 heteroatoms. The Bertz CT molecular complexity index is 286. The number of carbonyl (C=O) groups excluding carboxylic acids is 1. The van der Waals surface area contributed by atoms with Crippen LogP contribution in [0.4, 0.5) is 0 Å². The highest BCUT2D eigenvalue weighted by molar-refractivity contribution is 5.86. The maximum absolute atomic E-state index is 12.0. The van der Waals surface area contributed by atoms with Gasteiger partial charge in [-0.15, -0.1) is 0 Å². The second-order valence-electron chi connectivity index (χ2n) is 5.69. The molecule has 2 atom stereocenters. The van der Waals surface area contributed by atoms with Crippen molar-refractivity contribution >= 4 is 5.91 Å². The maximum atomic E-state index is 12.0. The minimum Gasteiger partial charge on any atom is -0.353 e. The highest BCUT2D eigenvalue weighted by Gasteiger charge is 2.44. The van der Waals surface area contributed by atoms with Gasteiger partial charge in [0.25, 0.3) is 0 Å². The van der Waals surface area contributed by atoms with E-state index in [-0.39, 0.29) is 5.91 Å². The van der Waals surface area contributed by atoms with Crippen molar-refractivity contribution in [3.8, 4) is 0 Å². The van der Waals surface area contributed by atoms with Crippen LogP contribution in [0, 0.1) is 5.92 Å². The van der Waals surface area contributed by atoms with Crippen LogP contribution < -0.4 is 11.1 Å². The predicted octanol–water partition coefficient (Wildman–Crippen LogP) is 0.714. The zero-order chi connectivity index (χ0) is 12.5.